The van der Waals surface area contributed by atoms with Crippen LogP contribution in [0.3, 0.4) is 0 Å². The van der Waals surface area contributed by atoms with Crippen LogP contribution in [0.2, 0.25) is 0 Å². The Bertz CT molecular complexity index is 418. The number of hydrogen-bond donors (Lipinski definition) is 1. The van der Waals surface area contributed by atoms with Crippen molar-refractivity contribution in [3.8, 4) is 0 Å². The number of carbonyl (C=O) groups excluding carboxylic acids is 1. The fourth-order valence-electron chi connectivity index (χ4n) is 2.82. The van der Waals surface area contributed by atoms with Crippen LogP contribution >= 0.6 is 0 Å². The summed E-state index contributed by atoms with van der Waals surface area (Å²) in [6.07, 6.45) is 2.25. The number of aliphatic hydroxyl groups excluding tert-OH is 1. The van der Waals surface area contributed by atoms with Gasteiger partial charge >= 0.3 is 0 Å². The zero-order chi connectivity index (χ0) is 13.3. The Labute approximate surface area is 108 Å². The van der Waals surface area contributed by atoms with Gasteiger partial charge in [0.15, 0.2) is 9.84 Å². The highest BCUT2D eigenvalue weighted by molar-refractivity contribution is 7.92. The molecule has 3 unspecified atom stereocenters. The molecule has 0 spiro atoms. The van der Waals surface area contributed by atoms with Crippen molar-refractivity contribution in [2.75, 3.05) is 18.8 Å². The first kappa shape index (κ1) is 13.8. The molecule has 5 nitrogen and oxygen atoms in total. The highest BCUT2D eigenvalue weighted by Crippen LogP contribution is 2.25. The zero-order valence-corrected chi connectivity index (χ0v) is 11.5. The van der Waals surface area contributed by atoms with Crippen LogP contribution in [0.5, 0.6) is 0 Å². The number of nitrogens with zero attached hydrogens (tertiary/aromatic N) is 1. The van der Waals surface area contributed by atoms with E-state index in [2.05, 4.69) is 0 Å². The van der Waals surface area contributed by atoms with Crippen LogP contribution < -0.4 is 0 Å². The summed E-state index contributed by atoms with van der Waals surface area (Å²) in [5.74, 6) is -0.0324. The summed E-state index contributed by atoms with van der Waals surface area (Å²) < 4.78 is 23.8. The van der Waals surface area contributed by atoms with Gasteiger partial charge < -0.3 is 10.0 Å². The molecule has 0 aromatic rings. The molecule has 0 saturated carbocycles. The Morgan fingerprint density at radius 3 is 2.61 bits per heavy atom. The molecule has 1 N–H and O–H groups in total. The molecule has 0 aromatic heterocycles. The summed E-state index contributed by atoms with van der Waals surface area (Å²) in [5.41, 5.74) is 0. The van der Waals surface area contributed by atoms with Crippen molar-refractivity contribution in [3.63, 3.8) is 0 Å². The second-order valence-electron chi connectivity index (χ2n) is 5.43. The van der Waals surface area contributed by atoms with Gasteiger partial charge in [-0.15, -0.1) is 0 Å². The minimum atomic E-state index is -3.25. The van der Waals surface area contributed by atoms with E-state index in [-0.39, 0.29) is 17.6 Å². The quantitative estimate of drug-likeness (QED) is 0.780. The van der Waals surface area contributed by atoms with E-state index in [1.807, 2.05) is 0 Å². The predicted octanol–water partition coefficient (Wildman–Crippen LogP) is 0.183. The second kappa shape index (κ2) is 5.17. The molecule has 6 heteroatoms. The molecule has 2 saturated heterocycles. The van der Waals surface area contributed by atoms with Gasteiger partial charge in [-0.1, -0.05) is 6.42 Å². The van der Waals surface area contributed by atoms with Crippen molar-refractivity contribution in [2.24, 2.45) is 5.92 Å². The van der Waals surface area contributed by atoms with Gasteiger partial charge in [-0.2, -0.15) is 0 Å². The second-order valence-corrected chi connectivity index (χ2v) is 7.73. The lowest BCUT2D eigenvalue weighted by Gasteiger charge is -2.26. The van der Waals surface area contributed by atoms with Crippen LogP contribution in [0, 0.1) is 5.92 Å². The highest BCUT2D eigenvalue weighted by Gasteiger charge is 2.40. The largest absolute Gasteiger partial charge is 0.393 e. The van der Waals surface area contributed by atoms with Crippen LogP contribution in [-0.2, 0) is 14.6 Å². The smallest absolute Gasteiger partial charge is 0.240 e. The third-order valence-corrected chi connectivity index (χ3v) is 6.23. The van der Waals surface area contributed by atoms with E-state index in [1.54, 1.807) is 11.8 Å². The van der Waals surface area contributed by atoms with E-state index >= 15 is 0 Å². The van der Waals surface area contributed by atoms with Crippen molar-refractivity contribution < 1.29 is 18.3 Å². The van der Waals surface area contributed by atoms with Gasteiger partial charge in [0.25, 0.3) is 0 Å². The first-order valence-electron chi connectivity index (χ1n) is 6.60. The van der Waals surface area contributed by atoms with Crippen LogP contribution in [0.4, 0.5) is 0 Å². The minimum Gasteiger partial charge on any atom is -0.393 e. The van der Waals surface area contributed by atoms with Crippen molar-refractivity contribution in [1.29, 1.82) is 0 Å². The van der Waals surface area contributed by atoms with Crippen molar-refractivity contribution in [3.05, 3.63) is 0 Å². The summed E-state index contributed by atoms with van der Waals surface area (Å²) >= 11 is 0. The SMILES string of the molecule is CC(O)C1CCN(C(=O)C2CCCCS2(=O)=O)C1. The maximum absolute atomic E-state index is 12.2. The highest BCUT2D eigenvalue weighted by atomic mass is 32.2. The van der Waals surface area contributed by atoms with Gasteiger partial charge in [-0.25, -0.2) is 8.42 Å². The molecule has 0 aliphatic carbocycles. The first-order valence-corrected chi connectivity index (χ1v) is 8.32. The number of rotatable bonds is 2. The molecule has 2 rings (SSSR count). The molecule has 0 bridgehead atoms. The van der Waals surface area contributed by atoms with Crippen molar-refractivity contribution in [2.45, 2.75) is 44.0 Å². The van der Waals surface area contributed by atoms with Gasteiger partial charge in [0.05, 0.1) is 11.9 Å². The normalized spacial score (nSPS) is 33.3. The van der Waals surface area contributed by atoms with Crippen LogP contribution in [0.1, 0.15) is 32.6 Å². The van der Waals surface area contributed by atoms with Gasteiger partial charge in [0, 0.05) is 19.0 Å². The fourth-order valence-corrected chi connectivity index (χ4v) is 4.69. The predicted molar refractivity (Wildman–Crippen MR) is 67.8 cm³/mol. The van der Waals surface area contributed by atoms with Crippen LogP contribution in [0.15, 0.2) is 0 Å². The molecule has 2 heterocycles. The number of hydrogen-bond acceptors (Lipinski definition) is 4. The van der Waals surface area contributed by atoms with Crippen LogP contribution in [0.25, 0.3) is 0 Å². The summed E-state index contributed by atoms with van der Waals surface area (Å²) in [7, 11) is -3.25. The van der Waals surface area contributed by atoms with Gasteiger partial charge in [0.1, 0.15) is 5.25 Å². The number of amides is 1. The molecule has 1 amide bonds. The molecule has 18 heavy (non-hydrogen) atoms. The molecular weight excluding hydrogens is 254 g/mol. The topological polar surface area (TPSA) is 74.7 Å². The van der Waals surface area contributed by atoms with E-state index in [0.29, 0.717) is 25.9 Å². The van der Waals surface area contributed by atoms with Gasteiger partial charge in [-0.05, 0) is 26.2 Å². The number of likely N-dealkylation sites (tertiary alicyclic amines) is 1. The molecule has 2 aliphatic rings. The lowest BCUT2D eigenvalue weighted by atomic mass is 10.0. The van der Waals surface area contributed by atoms with Crippen LogP contribution in [-0.4, -0.2) is 54.5 Å². The average Bonchev–Trinajstić information content (AvgIpc) is 2.77. The van der Waals surface area contributed by atoms with Gasteiger partial charge in [-0.3, -0.25) is 4.79 Å². The molecule has 0 aromatic carbocycles. The minimum absolute atomic E-state index is 0.0836. The summed E-state index contributed by atoms with van der Waals surface area (Å²) in [4.78, 5) is 13.9. The van der Waals surface area contributed by atoms with Gasteiger partial charge in [0.2, 0.25) is 5.91 Å². The summed E-state index contributed by atoms with van der Waals surface area (Å²) in [6.45, 7) is 2.78. The summed E-state index contributed by atoms with van der Waals surface area (Å²) in [5, 5.41) is 8.67. The third kappa shape index (κ3) is 2.69. The molecule has 3 atom stereocenters. The lowest BCUT2D eigenvalue weighted by Crippen LogP contribution is -2.44. The maximum Gasteiger partial charge on any atom is 0.240 e. The number of sulfone groups is 1. The van der Waals surface area contributed by atoms with E-state index < -0.39 is 21.2 Å². The first-order chi connectivity index (χ1) is 8.42. The lowest BCUT2D eigenvalue weighted by molar-refractivity contribution is -0.130. The monoisotopic (exact) mass is 275 g/mol. The Hall–Kier alpha value is -0.620. The maximum atomic E-state index is 12.2. The van der Waals surface area contributed by atoms with E-state index in [1.165, 1.54) is 0 Å². The van der Waals surface area contributed by atoms with Crippen molar-refractivity contribution in [1.82, 2.24) is 4.90 Å². The molecular formula is C12H21NO4S. The molecule has 2 aliphatic heterocycles. The number of carbonyl (C=O) groups is 1. The van der Waals surface area contributed by atoms with Crippen molar-refractivity contribution >= 4 is 15.7 Å². The van der Waals surface area contributed by atoms with E-state index in [4.69, 9.17) is 0 Å². The zero-order valence-electron chi connectivity index (χ0n) is 10.7. The van der Waals surface area contributed by atoms with E-state index in [0.717, 1.165) is 12.8 Å². The Morgan fingerprint density at radius 2 is 2.06 bits per heavy atom. The fraction of sp³-hybridized carbons (Fsp3) is 0.917. The third-order valence-electron chi connectivity index (χ3n) is 4.07. The standard InChI is InChI=1S/C12H21NO4S/c1-9(14)10-5-6-13(8-10)12(15)11-4-2-3-7-18(11,16)17/h9-11,14H,2-8H2,1H3. The Morgan fingerprint density at radius 1 is 1.33 bits per heavy atom. The summed E-state index contributed by atoms with van der Waals surface area (Å²) in [6, 6.07) is 0. The molecule has 104 valence electrons. The Kier molecular flexibility index (Phi) is 3.96. The molecule has 0 radical (unpaired) electrons. The number of aliphatic hydroxyl groups is 1. The van der Waals surface area contributed by atoms with E-state index in [9.17, 15) is 18.3 Å². The Balaban J connectivity index is 2.04. The average molecular weight is 275 g/mol. The molecule has 2 fully saturated rings.